The van der Waals surface area contributed by atoms with Gasteiger partial charge in [0.2, 0.25) is 5.91 Å². The van der Waals surface area contributed by atoms with Crippen molar-refractivity contribution in [2.75, 3.05) is 32.7 Å². The highest BCUT2D eigenvalue weighted by Gasteiger charge is 2.28. The molecule has 1 unspecified atom stereocenters. The molecule has 2 aliphatic heterocycles. The third-order valence-electron chi connectivity index (χ3n) is 6.74. The minimum atomic E-state index is -0.166. The van der Waals surface area contributed by atoms with Crippen molar-refractivity contribution in [1.82, 2.24) is 25.1 Å². The van der Waals surface area contributed by atoms with Crippen molar-refractivity contribution >= 4 is 11.8 Å². The molecule has 176 valence electrons. The van der Waals surface area contributed by atoms with Crippen LogP contribution in [0.15, 0.2) is 36.5 Å². The Labute approximate surface area is 196 Å². The van der Waals surface area contributed by atoms with Gasteiger partial charge in [-0.05, 0) is 51.3 Å². The number of likely N-dealkylation sites (tertiary alicyclic amines) is 2. The second-order valence-corrected chi connectivity index (χ2v) is 9.26. The molecular weight excluding hydrogens is 414 g/mol. The summed E-state index contributed by atoms with van der Waals surface area (Å²) >= 11 is 0. The zero-order chi connectivity index (χ0) is 23.0. The van der Waals surface area contributed by atoms with Crippen LogP contribution in [0.25, 0.3) is 0 Å². The molecule has 2 aromatic rings. The van der Waals surface area contributed by atoms with E-state index < -0.39 is 0 Å². The van der Waals surface area contributed by atoms with E-state index in [1.54, 1.807) is 6.20 Å². The lowest BCUT2D eigenvalue weighted by Crippen LogP contribution is -2.45. The Morgan fingerprint density at radius 2 is 1.79 bits per heavy atom. The molecule has 33 heavy (non-hydrogen) atoms. The lowest BCUT2D eigenvalue weighted by atomic mass is 9.96. The second-order valence-electron chi connectivity index (χ2n) is 9.26. The lowest BCUT2D eigenvalue weighted by Gasteiger charge is -2.33. The fourth-order valence-corrected chi connectivity index (χ4v) is 4.78. The molecule has 0 aliphatic carbocycles. The van der Waals surface area contributed by atoms with Crippen LogP contribution < -0.4 is 5.32 Å². The van der Waals surface area contributed by atoms with E-state index in [9.17, 15) is 9.59 Å². The Bertz CT molecular complexity index is 941. The normalized spacial score (nSPS) is 19.7. The first-order chi connectivity index (χ1) is 16.1. The summed E-state index contributed by atoms with van der Waals surface area (Å²) in [6, 6.07) is 9.83. The highest BCUT2D eigenvalue weighted by Crippen LogP contribution is 2.25. The predicted molar refractivity (Wildman–Crippen MR) is 128 cm³/mol. The molecule has 1 atom stereocenters. The lowest BCUT2D eigenvalue weighted by molar-refractivity contribution is -0.133. The topological polar surface area (TPSA) is 78.4 Å². The van der Waals surface area contributed by atoms with Crippen LogP contribution in [0.5, 0.6) is 0 Å². The maximum absolute atomic E-state index is 12.9. The van der Waals surface area contributed by atoms with E-state index in [0.29, 0.717) is 30.9 Å². The number of carbonyl (C=O) groups is 2. The van der Waals surface area contributed by atoms with Gasteiger partial charge >= 0.3 is 0 Å². The molecule has 3 heterocycles. The quantitative estimate of drug-likeness (QED) is 0.732. The van der Waals surface area contributed by atoms with Crippen molar-refractivity contribution < 1.29 is 9.59 Å². The van der Waals surface area contributed by atoms with Gasteiger partial charge in [-0.2, -0.15) is 0 Å². The van der Waals surface area contributed by atoms with E-state index in [1.807, 2.05) is 42.2 Å². The number of aryl methyl sites for hydroxylation is 1. The third kappa shape index (κ3) is 6.38. The number of amides is 2. The SMILES string of the molecule is Cc1nc(C2CCCN(C(=O)CN3CCCCCC3)C2)ncc1C(=O)NCc1ccccc1. The van der Waals surface area contributed by atoms with Crippen LogP contribution >= 0.6 is 0 Å². The van der Waals surface area contributed by atoms with Crippen LogP contribution in [0.3, 0.4) is 0 Å². The van der Waals surface area contributed by atoms with E-state index in [4.69, 9.17) is 0 Å². The van der Waals surface area contributed by atoms with E-state index in [2.05, 4.69) is 20.2 Å². The van der Waals surface area contributed by atoms with Crippen molar-refractivity contribution in [1.29, 1.82) is 0 Å². The average Bonchev–Trinajstić information content (AvgIpc) is 3.12. The number of hydrogen-bond donors (Lipinski definition) is 1. The van der Waals surface area contributed by atoms with E-state index in [-0.39, 0.29) is 17.7 Å². The zero-order valence-electron chi connectivity index (χ0n) is 19.6. The molecule has 7 heteroatoms. The van der Waals surface area contributed by atoms with Gasteiger partial charge in [0.05, 0.1) is 17.8 Å². The third-order valence-corrected chi connectivity index (χ3v) is 6.74. The van der Waals surface area contributed by atoms with Gasteiger partial charge in [-0.15, -0.1) is 0 Å². The molecule has 2 amide bonds. The molecule has 0 spiro atoms. The molecule has 1 aromatic carbocycles. The Kier molecular flexibility index (Phi) is 8.05. The minimum absolute atomic E-state index is 0.118. The molecule has 2 saturated heterocycles. The summed E-state index contributed by atoms with van der Waals surface area (Å²) in [5.74, 6) is 0.905. The molecule has 1 N–H and O–H groups in total. The predicted octanol–water partition coefficient (Wildman–Crippen LogP) is 3.30. The molecule has 2 fully saturated rings. The number of rotatable bonds is 6. The number of nitrogens with one attached hydrogen (secondary N) is 1. The van der Waals surface area contributed by atoms with Crippen molar-refractivity contribution in [3.8, 4) is 0 Å². The second kappa shape index (κ2) is 11.4. The van der Waals surface area contributed by atoms with Crippen molar-refractivity contribution in [3.05, 3.63) is 59.2 Å². The summed E-state index contributed by atoms with van der Waals surface area (Å²) in [7, 11) is 0. The largest absolute Gasteiger partial charge is 0.348 e. The van der Waals surface area contributed by atoms with Crippen LogP contribution in [-0.2, 0) is 11.3 Å². The molecule has 4 rings (SSSR count). The van der Waals surface area contributed by atoms with Crippen LogP contribution in [0.1, 0.15) is 71.9 Å². The first-order valence-electron chi connectivity index (χ1n) is 12.3. The summed E-state index contributed by atoms with van der Waals surface area (Å²) in [6.45, 7) is 6.37. The number of hydrogen-bond acceptors (Lipinski definition) is 5. The Morgan fingerprint density at radius 3 is 2.52 bits per heavy atom. The van der Waals surface area contributed by atoms with Crippen LogP contribution in [0, 0.1) is 6.92 Å². The monoisotopic (exact) mass is 449 g/mol. The van der Waals surface area contributed by atoms with Gasteiger partial charge in [-0.3, -0.25) is 14.5 Å². The van der Waals surface area contributed by atoms with Gasteiger partial charge in [-0.1, -0.05) is 43.2 Å². The maximum atomic E-state index is 12.9. The summed E-state index contributed by atoms with van der Waals surface area (Å²) in [6.07, 6.45) is 8.48. The molecule has 0 saturated carbocycles. The van der Waals surface area contributed by atoms with E-state index in [1.165, 1.54) is 25.7 Å². The fraction of sp³-hybridized carbons (Fsp3) is 0.538. The van der Waals surface area contributed by atoms with Gasteiger partial charge < -0.3 is 10.2 Å². The van der Waals surface area contributed by atoms with Crippen LogP contribution in [0.2, 0.25) is 0 Å². The average molecular weight is 450 g/mol. The standard InChI is InChI=1S/C26H35N5O2/c1-20-23(26(33)28-16-21-10-5-4-6-11-21)17-27-25(29-20)22-12-9-15-31(18-22)24(32)19-30-13-7-2-3-8-14-30/h4-6,10-11,17,22H,2-3,7-9,12-16,18-19H2,1H3,(H,28,33). The number of aromatic nitrogens is 2. The fourth-order valence-electron chi connectivity index (χ4n) is 4.78. The number of carbonyl (C=O) groups excluding carboxylic acids is 2. The molecule has 0 radical (unpaired) electrons. The van der Waals surface area contributed by atoms with Gasteiger partial charge in [-0.25, -0.2) is 9.97 Å². The van der Waals surface area contributed by atoms with Crippen molar-refractivity contribution in [2.24, 2.45) is 0 Å². The first kappa shape index (κ1) is 23.4. The number of piperidine rings is 1. The van der Waals surface area contributed by atoms with E-state index >= 15 is 0 Å². The highest BCUT2D eigenvalue weighted by atomic mass is 16.2. The zero-order valence-corrected chi connectivity index (χ0v) is 19.6. The number of nitrogens with zero attached hydrogens (tertiary/aromatic N) is 4. The van der Waals surface area contributed by atoms with Gasteiger partial charge in [0.25, 0.3) is 5.91 Å². The highest BCUT2D eigenvalue weighted by molar-refractivity contribution is 5.94. The Morgan fingerprint density at radius 1 is 1.03 bits per heavy atom. The molecule has 7 nitrogen and oxygen atoms in total. The minimum Gasteiger partial charge on any atom is -0.348 e. The Hall–Kier alpha value is -2.80. The first-order valence-corrected chi connectivity index (χ1v) is 12.3. The van der Waals surface area contributed by atoms with Crippen molar-refractivity contribution in [2.45, 2.75) is 57.9 Å². The van der Waals surface area contributed by atoms with Crippen molar-refractivity contribution in [3.63, 3.8) is 0 Å². The summed E-state index contributed by atoms with van der Waals surface area (Å²) in [4.78, 5) is 39.1. The van der Waals surface area contributed by atoms with Crippen LogP contribution in [0.4, 0.5) is 0 Å². The van der Waals surface area contributed by atoms with Gasteiger partial charge in [0.1, 0.15) is 5.82 Å². The number of benzene rings is 1. The maximum Gasteiger partial charge on any atom is 0.254 e. The van der Waals surface area contributed by atoms with Gasteiger partial charge in [0.15, 0.2) is 0 Å². The van der Waals surface area contributed by atoms with E-state index in [0.717, 1.165) is 43.9 Å². The molecule has 1 aromatic heterocycles. The van der Waals surface area contributed by atoms with Crippen LogP contribution in [-0.4, -0.2) is 64.3 Å². The molecular formula is C26H35N5O2. The summed E-state index contributed by atoms with van der Waals surface area (Å²) in [5.41, 5.74) is 2.23. The summed E-state index contributed by atoms with van der Waals surface area (Å²) in [5, 5.41) is 2.94. The Balaban J connectivity index is 1.34. The smallest absolute Gasteiger partial charge is 0.254 e. The molecule has 2 aliphatic rings. The van der Waals surface area contributed by atoms with Gasteiger partial charge in [0, 0.05) is 31.7 Å². The summed E-state index contributed by atoms with van der Waals surface area (Å²) < 4.78 is 0. The molecule has 0 bridgehead atoms.